The summed E-state index contributed by atoms with van der Waals surface area (Å²) in [6.45, 7) is 1.64. The summed E-state index contributed by atoms with van der Waals surface area (Å²) in [5.41, 5.74) is 0.0777. The average molecular weight is 353 g/mol. The summed E-state index contributed by atoms with van der Waals surface area (Å²) in [5.74, 6) is 6.12. The average Bonchev–Trinajstić information content (AvgIpc) is 2.54. The van der Waals surface area contributed by atoms with Crippen molar-refractivity contribution in [2.45, 2.75) is 50.6 Å². The Morgan fingerprint density at radius 2 is 2.17 bits per heavy atom. The molecule has 0 spiro atoms. The molecule has 1 aromatic heterocycles. The molecule has 1 amide bonds. The zero-order chi connectivity index (χ0) is 17.6. The van der Waals surface area contributed by atoms with Crippen molar-refractivity contribution in [1.29, 1.82) is 0 Å². The minimum absolute atomic E-state index is 0.00152. The highest BCUT2D eigenvalue weighted by atomic mass is 35.5. The van der Waals surface area contributed by atoms with E-state index in [1.54, 1.807) is 6.92 Å². The fraction of sp³-hybridized carbons (Fsp3) is 0.562. The van der Waals surface area contributed by atoms with Crippen LogP contribution in [0.5, 0.6) is 0 Å². The molecule has 1 aromatic rings. The molecule has 1 heterocycles. The molecule has 0 aliphatic heterocycles. The number of hydrogen-bond donors (Lipinski definition) is 4. The Kier molecular flexibility index (Phi) is 6.23. The van der Waals surface area contributed by atoms with Gasteiger partial charge in [-0.25, -0.2) is 9.78 Å². The van der Waals surface area contributed by atoms with Crippen molar-refractivity contribution in [2.24, 2.45) is 0 Å². The molecule has 1 aliphatic carbocycles. The van der Waals surface area contributed by atoms with Crippen LogP contribution in [0.3, 0.4) is 0 Å². The van der Waals surface area contributed by atoms with Gasteiger partial charge in [-0.15, -0.1) is 0 Å². The van der Waals surface area contributed by atoms with Crippen LogP contribution < -0.4 is 10.6 Å². The molecule has 0 aromatic carbocycles. The Bertz CT molecular complexity index is 650. The van der Waals surface area contributed by atoms with E-state index >= 15 is 0 Å². The Morgan fingerprint density at radius 1 is 1.46 bits per heavy atom. The van der Waals surface area contributed by atoms with Gasteiger partial charge in [0.1, 0.15) is 5.82 Å². The zero-order valence-corrected chi connectivity index (χ0v) is 14.2. The first kappa shape index (κ1) is 18.3. The first-order chi connectivity index (χ1) is 11.4. The largest absolute Gasteiger partial charge is 0.465 e. The summed E-state index contributed by atoms with van der Waals surface area (Å²) in [6.07, 6.45) is 5.26. The van der Waals surface area contributed by atoms with Crippen LogP contribution in [0, 0.1) is 11.8 Å². The topological polar surface area (TPSA) is 107 Å². The van der Waals surface area contributed by atoms with Gasteiger partial charge in [-0.05, 0) is 31.4 Å². The monoisotopic (exact) mass is 352 g/mol. The van der Waals surface area contributed by atoms with E-state index in [0.29, 0.717) is 11.4 Å². The number of aromatic nitrogens is 2. The van der Waals surface area contributed by atoms with Crippen molar-refractivity contribution in [2.75, 3.05) is 11.9 Å². The number of amides is 1. The zero-order valence-electron chi connectivity index (χ0n) is 13.5. The maximum Gasteiger partial charge on any atom is 0.405 e. The second-order valence-corrected chi connectivity index (χ2v) is 6.30. The summed E-state index contributed by atoms with van der Waals surface area (Å²) in [6, 6.07) is -0.535. The fourth-order valence-corrected chi connectivity index (χ4v) is 2.89. The van der Waals surface area contributed by atoms with Gasteiger partial charge in [0.25, 0.3) is 0 Å². The number of carbonyl (C=O) groups is 1. The van der Waals surface area contributed by atoms with Gasteiger partial charge in [0.2, 0.25) is 5.28 Å². The van der Waals surface area contributed by atoms with Crippen LogP contribution >= 0.6 is 11.6 Å². The van der Waals surface area contributed by atoms with Crippen LogP contribution in [0.25, 0.3) is 0 Å². The van der Waals surface area contributed by atoms with E-state index in [2.05, 4.69) is 32.4 Å². The van der Waals surface area contributed by atoms with E-state index < -0.39 is 17.7 Å². The van der Waals surface area contributed by atoms with Crippen LogP contribution in [-0.4, -0.2) is 44.5 Å². The highest BCUT2D eigenvalue weighted by molar-refractivity contribution is 6.28. The van der Waals surface area contributed by atoms with E-state index in [9.17, 15) is 9.90 Å². The summed E-state index contributed by atoms with van der Waals surface area (Å²) in [5, 5.41) is 24.2. The molecule has 0 unspecified atom stereocenters. The lowest BCUT2D eigenvalue weighted by Crippen LogP contribution is -2.44. The summed E-state index contributed by atoms with van der Waals surface area (Å²) in [7, 11) is 0. The number of aliphatic hydroxyl groups excluding tert-OH is 1. The molecule has 1 atom stereocenters. The van der Waals surface area contributed by atoms with Gasteiger partial charge >= 0.3 is 6.09 Å². The summed E-state index contributed by atoms with van der Waals surface area (Å²) in [4.78, 5) is 18.7. The Hall–Kier alpha value is -2.04. The molecule has 0 bridgehead atoms. The van der Waals surface area contributed by atoms with Gasteiger partial charge < -0.3 is 20.8 Å². The fourth-order valence-electron chi connectivity index (χ4n) is 2.76. The van der Waals surface area contributed by atoms with Crippen molar-refractivity contribution in [1.82, 2.24) is 15.3 Å². The molecule has 130 valence electrons. The number of anilines is 1. The van der Waals surface area contributed by atoms with Crippen LogP contribution in [0.4, 0.5) is 10.6 Å². The van der Waals surface area contributed by atoms with Crippen molar-refractivity contribution >= 4 is 23.5 Å². The minimum Gasteiger partial charge on any atom is -0.465 e. The number of carboxylic acid groups (broad SMARTS) is 1. The lowest BCUT2D eigenvalue weighted by molar-refractivity contribution is 0.172. The van der Waals surface area contributed by atoms with E-state index in [4.69, 9.17) is 16.7 Å². The van der Waals surface area contributed by atoms with Crippen LogP contribution in [0.1, 0.15) is 44.6 Å². The molecule has 1 saturated carbocycles. The first-order valence-corrected chi connectivity index (χ1v) is 8.24. The highest BCUT2D eigenvalue weighted by Crippen LogP contribution is 2.31. The van der Waals surface area contributed by atoms with Gasteiger partial charge in [-0.1, -0.05) is 31.1 Å². The third kappa shape index (κ3) is 4.98. The normalized spacial score (nSPS) is 17.3. The molecule has 1 aliphatic rings. The third-order valence-electron chi connectivity index (χ3n) is 4.02. The second kappa shape index (κ2) is 8.18. The Balaban J connectivity index is 2.24. The molecule has 0 radical (unpaired) electrons. The highest BCUT2D eigenvalue weighted by Gasteiger charge is 2.32. The summed E-state index contributed by atoms with van der Waals surface area (Å²) >= 11 is 5.89. The second-order valence-electron chi connectivity index (χ2n) is 5.97. The molecule has 2 rings (SSSR count). The standard InChI is InChI=1S/C16H21ClN4O3/c1-11(19-15(23)24)5-6-12-9-18-14(17)20-13(12)21-16(10-22)7-3-2-4-8-16/h9,11,19,22H,2-4,7-8,10H2,1H3,(H,23,24)(H,18,20,21)/t11-/m1/s1. The number of nitrogens with zero attached hydrogens (tertiary/aromatic N) is 2. The van der Waals surface area contributed by atoms with Gasteiger partial charge in [0, 0.05) is 6.20 Å². The Labute approximate surface area is 145 Å². The number of nitrogens with one attached hydrogen (secondary N) is 2. The van der Waals surface area contributed by atoms with Crippen LogP contribution in [0.15, 0.2) is 6.20 Å². The predicted octanol–water partition coefficient (Wildman–Crippen LogP) is 2.24. The molecule has 8 heteroatoms. The predicted molar refractivity (Wildman–Crippen MR) is 91.1 cm³/mol. The molecule has 24 heavy (non-hydrogen) atoms. The van der Waals surface area contributed by atoms with E-state index in [1.165, 1.54) is 6.20 Å². The van der Waals surface area contributed by atoms with Gasteiger partial charge in [-0.3, -0.25) is 0 Å². The van der Waals surface area contributed by atoms with Crippen LogP contribution in [0.2, 0.25) is 5.28 Å². The van der Waals surface area contributed by atoms with E-state index in [0.717, 1.165) is 32.1 Å². The molecule has 0 saturated heterocycles. The smallest absolute Gasteiger partial charge is 0.405 e. The number of hydrogen-bond acceptors (Lipinski definition) is 5. The summed E-state index contributed by atoms with van der Waals surface area (Å²) < 4.78 is 0. The molecular weight excluding hydrogens is 332 g/mol. The Morgan fingerprint density at radius 3 is 2.79 bits per heavy atom. The van der Waals surface area contributed by atoms with Crippen molar-refractivity contribution in [3.8, 4) is 11.8 Å². The van der Waals surface area contributed by atoms with Gasteiger partial charge in [0.05, 0.1) is 23.8 Å². The number of halogens is 1. The lowest BCUT2D eigenvalue weighted by atomic mass is 9.82. The van der Waals surface area contributed by atoms with E-state index in [1.807, 2.05) is 0 Å². The molecule has 4 N–H and O–H groups in total. The molecular formula is C16H21ClN4O3. The van der Waals surface area contributed by atoms with Crippen molar-refractivity contribution < 1.29 is 15.0 Å². The lowest BCUT2D eigenvalue weighted by Gasteiger charge is -2.37. The number of aliphatic hydroxyl groups is 1. The maximum absolute atomic E-state index is 10.6. The van der Waals surface area contributed by atoms with Gasteiger partial charge in [0.15, 0.2) is 0 Å². The maximum atomic E-state index is 10.6. The van der Waals surface area contributed by atoms with E-state index in [-0.39, 0.29) is 11.9 Å². The molecule has 7 nitrogen and oxygen atoms in total. The molecule has 1 fully saturated rings. The van der Waals surface area contributed by atoms with Crippen molar-refractivity contribution in [3.63, 3.8) is 0 Å². The quantitative estimate of drug-likeness (QED) is 0.489. The van der Waals surface area contributed by atoms with Gasteiger partial charge in [-0.2, -0.15) is 4.98 Å². The third-order valence-corrected chi connectivity index (χ3v) is 4.20. The van der Waals surface area contributed by atoms with Crippen LogP contribution in [-0.2, 0) is 0 Å². The number of rotatable bonds is 4. The minimum atomic E-state index is -1.14. The SMILES string of the molecule is C[C@H](C#Cc1cnc(Cl)nc1NC1(CO)CCCCC1)NC(=O)O. The van der Waals surface area contributed by atoms with Crippen molar-refractivity contribution in [3.05, 3.63) is 17.0 Å². The first-order valence-electron chi connectivity index (χ1n) is 7.87.